The van der Waals surface area contributed by atoms with E-state index >= 15 is 0 Å². The first-order valence-corrected chi connectivity index (χ1v) is 9.81. The van der Waals surface area contributed by atoms with Gasteiger partial charge in [-0.15, -0.1) is 11.3 Å². The van der Waals surface area contributed by atoms with Crippen LogP contribution >= 0.6 is 11.3 Å². The number of amides is 1. The summed E-state index contributed by atoms with van der Waals surface area (Å²) >= 11 is 1.49. The van der Waals surface area contributed by atoms with Crippen LogP contribution in [0.2, 0.25) is 0 Å². The number of nitrogens with one attached hydrogen (secondary N) is 1. The smallest absolute Gasteiger partial charge is 0.325 e. The van der Waals surface area contributed by atoms with Crippen LogP contribution in [0.15, 0.2) is 47.8 Å². The molecule has 0 saturated carbocycles. The second-order valence-electron chi connectivity index (χ2n) is 6.42. The fourth-order valence-electron chi connectivity index (χ4n) is 2.70. The number of nitrogens with zero attached hydrogens (tertiary/aromatic N) is 1. The summed E-state index contributed by atoms with van der Waals surface area (Å²) in [5.41, 5.74) is 3.25. The van der Waals surface area contributed by atoms with E-state index in [1.54, 1.807) is 18.2 Å². The quantitative estimate of drug-likeness (QED) is 0.628. The molecule has 0 radical (unpaired) electrons. The van der Waals surface area contributed by atoms with Crippen molar-refractivity contribution in [3.05, 3.63) is 64.7 Å². The highest BCUT2D eigenvalue weighted by Crippen LogP contribution is 2.32. The highest BCUT2D eigenvalue weighted by molar-refractivity contribution is 7.13. The molecule has 0 spiro atoms. The van der Waals surface area contributed by atoms with Gasteiger partial charge in [-0.25, -0.2) is 4.98 Å². The van der Waals surface area contributed by atoms with Gasteiger partial charge in [0.2, 0.25) is 6.79 Å². The van der Waals surface area contributed by atoms with Crippen molar-refractivity contribution in [1.29, 1.82) is 0 Å². The molecule has 0 aliphatic carbocycles. The lowest BCUT2D eigenvalue weighted by molar-refractivity contribution is -0.143. The number of aryl methyl sites for hydroxylation is 1. The van der Waals surface area contributed by atoms with E-state index < -0.39 is 11.9 Å². The van der Waals surface area contributed by atoms with E-state index in [1.807, 2.05) is 36.6 Å². The normalized spacial score (nSPS) is 11.9. The second kappa shape index (κ2) is 8.32. The summed E-state index contributed by atoms with van der Waals surface area (Å²) in [6, 6.07) is 12.9. The van der Waals surface area contributed by atoms with Gasteiger partial charge in [-0.1, -0.05) is 29.8 Å². The zero-order valence-corrected chi connectivity index (χ0v) is 16.5. The van der Waals surface area contributed by atoms with Crippen LogP contribution in [0.5, 0.6) is 11.5 Å². The summed E-state index contributed by atoms with van der Waals surface area (Å²) in [4.78, 5) is 28.6. The Kier molecular flexibility index (Phi) is 5.44. The summed E-state index contributed by atoms with van der Waals surface area (Å²) in [5.74, 6) is 0.168. The van der Waals surface area contributed by atoms with Gasteiger partial charge in [0, 0.05) is 16.5 Å². The molecular weight excluding hydrogens is 392 g/mol. The summed E-state index contributed by atoms with van der Waals surface area (Å²) < 4.78 is 15.7. The Hall–Kier alpha value is -3.39. The maximum atomic E-state index is 12.2. The third kappa shape index (κ3) is 4.55. The van der Waals surface area contributed by atoms with Crippen LogP contribution in [0, 0.1) is 6.92 Å². The summed E-state index contributed by atoms with van der Waals surface area (Å²) in [7, 11) is 0. The van der Waals surface area contributed by atoms with Crippen LogP contribution in [0.4, 0.5) is 0 Å². The van der Waals surface area contributed by atoms with Crippen LogP contribution < -0.4 is 14.8 Å². The number of benzene rings is 2. The van der Waals surface area contributed by atoms with Gasteiger partial charge in [0.25, 0.3) is 5.91 Å². The largest absolute Gasteiger partial charge is 0.458 e. The predicted octanol–water partition coefficient (Wildman–Crippen LogP) is 3.32. The Morgan fingerprint density at radius 1 is 1.14 bits per heavy atom. The van der Waals surface area contributed by atoms with Crippen LogP contribution in [0.25, 0.3) is 10.6 Å². The Morgan fingerprint density at radius 2 is 1.93 bits per heavy atom. The Balaban J connectivity index is 1.26. The summed E-state index contributed by atoms with van der Waals surface area (Å²) in [5, 5.41) is 5.26. The molecule has 0 fully saturated rings. The van der Waals surface area contributed by atoms with Crippen molar-refractivity contribution in [3.63, 3.8) is 0 Å². The number of fused-ring (bicyclic) bond motifs is 1. The number of carbonyl (C=O) groups excluding carboxylic acids is 2. The molecule has 1 aliphatic rings. The molecule has 1 aliphatic heterocycles. The highest BCUT2D eigenvalue weighted by Gasteiger charge is 2.17. The lowest BCUT2D eigenvalue weighted by Crippen LogP contribution is -2.30. The van der Waals surface area contributed by atoms with E-state index in [1.165, 1.54) is 16.9 Å². The highest BCUT2D eigenvalue weighted by atomic mass is 32.1. The summed E-state index contributed by atoms with van der Waals surface area (Å²) in [6.07, 6.45) is 0. The number of aromatic nitrogens is 1. The molecule has 0 atom stereocenters. The van der Waals surface area contributed by atoms with Gasteiger partial charge >= 0.3 is 5.97 Å². The van der Waals surface area contributed by atoms with E-state index in [-0.39, 0.29) is 19.9 Å². The van der Waals surface area contributed by atoms with Gasteiger partial charge < -0.3 is 19.5 Å². The second-order valence-corrected chi connectivity index (χ2v) is 7.28. The minimum Gasteiger partial charge on any atom is -0.458 e. The van der Waals surface area contributed by atoms with Crippen molar-refractivity contribution in [2.24, 2.45) is 0 Å². The van der Waals surface area contributed by atoms with Crippen LogP contribution in [-0.4, -0.2) is 30.2 Å². The molecule has 1 aromatic heterocycles. The van der Waals surface area contributed by atoms with Crippen molar-refractivity contribution < 1.29 is 23.8 Å². The molecule has 8 heteroatoms. The van der Waals surface area contributed by atoms with Crippen molar-refractivity contribution in [3.8, 4) is 22.1 Å². The van der Waals surface area contributed by atoms with Crippen molar-refractivity contribution in [2.45, 2.75) is 13.5 Å². The van der Waals surface area contributed by atoms with Gasteiger partial charge in [-0.2, -0.15) is 0 Å². The molecule has 2 aromatic carbocycles. The molecule has 29 heavy (non-hydrogen) atoms. The SMILES string of the molecule is Cc1ccc(-c2nc(COC(=O)CNC(=O)c3ccc4c(c3)OCO4)cs2)cc1. The fraction of sp³-hybridized carbons (Fsp3) is 0.190. The summed E-state index contributed by atoms with van der Waals surface area (Å²) in [6.45, 7) is 1.99. The monoisotopic (exact) mass is 410 g/mol. The third-order valence-electron chi connectivity index (χ3n) is 4.26. The van der Waals surface area contributed by atoms with Gasteiger partial charge in [0.1, 0.15) is 18.2 Å². The molecule has 7 nitrogen and oxygen atoms in total. The maximum absolute atomic E-state index is 12.2. The average Bonchev–Trinajstić information content (AvgIpc) is 3.40. The van der Waals surface area contributed by atoms with Crippen LogP contribution in [0.3, 0.4) is 0 Å². The molecule has 3 aromatic rings. The maximum Gasteiger partial charge on any atom is 0.325 e. The lowest BCUT2D eigenvalue weighted by Gasteiger charge is -2.06. The van der Waals surface area contributed by atoms with Crippen LogP contribution in [0.1, 0.15) is 21.6 Å². The molecular formula is C21H18N2O5S. The predicted molar refractivity (Wildman–Crippen MR) is 107 cm³/mol. The molecule has 0 unspecified atom stereocenters. The van der Waals surface area contributed by atoms with E-state index in [2.05, 4.69) is 10.3 Å². The van der Waals surface area contributed by atoms with Gasteiger partial charge in [0.15, 0.2) is 11.5 Å². The van der Waals surface area contributed by atoms with Gasteiger partial charge in [-0.3, -0.25) is 9.59 Å². The van der Waals surface area contributed by atoms with E-state index in [9.17, 15) is 9.59 Å². The zero-order chi connectivity index (χ0) is 20.2. The number of hydrogen-bond donors (Lipinski definition) is 1. The topological polar surface area (TPSA) is 86.8 Å². The zero-order valence-electron chi connectivity index (χ0n) is 15.6. The minimum atomic E-state index is -0.538. The number of hydrogen-bond acceptors (Lipinski definition) is 7. The first-order chi connectivity index (χ1) is 14.1. The van der Waals surface area contributed by atoms with E-state index in [0.29, 0.717) is 22.8 Å². The molecule has 0 bridgehead atoms. The molecule has 1 N–H and O–H groups in total. The van der Waals surface area contributed by atoms with Gasteiger partial charge in [-0.05, 0) is 25.1 Å². The van der Waals surface area contributed by atoms with Crippen molar-refractivity contribution >= 4 is 23.2 Å². The molecule has 148 valence electrons. The first-order valence-electron chi connectivity index (χ1n) is 8.93. The van der Waals surface area contributed by atoms with Gasteiger partial charge in [0.05, 0.1) is 5.69 Å². The Morgan fingerprint density at radius 3 is 2.76 bits per heavy atom. The minimum absolute atomic E-state index is 0.0566. The third-order valence-corrected chi connectivity index (χ3v) is 5.20. The number of ether oxygens (including phenoxy) is 3. The van der Waals surface area contributed by atoms with Crippen LogP contribution in [-0.2, 0) is 16.1 Å². The molecule has 1 amide bonds. The number of thiazole rings is 1. The van der Waals surface area contributed by atoms with E-state index in [4.69, 9.17) is 14.2 Å². The number of carbonyl (C=O) groups is 2. The molecule has 2 heterocycles. The van der Waals surface area contributed by atoms with Crippen molar-refractivity contribution in [1.82, 2.24) is 10.3 Å². The fourth-order valence-corrected chi connectivity index (χ4v) is 3.51. The Bertz CT molecular complexity index is 1050. The number of esters is 1. The molecule has 4 rings (SSSR count). The standard InChI is InChI=1S/C21H18N2O5S/c1-13-2-4-14(5-3-13)21-23-16(11-29-21)10-26-19(24)9-22-20(25)15-6-7-17-18(8-15)28-12-27-17/h2-8,11H,9-10,12H2,1H3,(H,22,25). The number of rotatable bonds is 6. The molecule has 0 saturated heterocycles. The van der Waals surface area contributed by atoms with Crippen molar-refractivity contribution in [2.75, 3.05) is 13.3 Å². The first kappa shape index (κ1) is 18.9. The lowest BCUT2D eigenvalue weighted by atomic mass is 10.2. The average molecular weight is 410 g/mol. The Labute approximate surface area is 171 Å². The van der Waals surface area contributed by atoms with E-state index in [0.717, 1.165) is 10.6 Å².